The first kappa shape index (κ1) is 16.7. The van der Waals surface area contributed by atoms with Crippen LogP contribution in [-0.4, -0.2) is 18.6 Å². The van der Waals surface area contributed by atoms with Crippen LogP contribution in [0.25, 0.3) is 0 Å². The molecule has 0 saturated carbocycles. The summed E-state index contributed by atoms with van der Waals surface area (Å²) in [5, 5.41) is 3.81. The summed E-state index contributed by atoms with van der Waals surface area (Å²) >= 11 is 11.8. The quantitative estimate of drug-likeness (QED) is 0.837. The van der Waals surface area contributed by atoms with Gasteiger partial charge in [-0.3, -0.25) is 4.79 Å². The van der Waals surface area contributed by atoms with Gasteiger partial charge in [-0.25, -0.2) is 0 Å². The largest absolute Gasteiger partial charge is 0.489 e. The van der Waals surface area contributed by atoms with Crippen molar-refractivity contribution in [1.82, 2.24) is 5.32 Å². The average Bonchev–Trinajstić information content (AvgIpc) is 2.55. The Bertz CT molecular complexity index is 632. The first-order chi connectivity index (χ1) is 10.6. The number of nitrogens with one attached hydrogen (secondary N) is 1. The Hall–Kier alpha value is -1.71. The summed E-state index contributed by atoms with van der Waals surface area (Å²) in [6.07, 6.45) is 0.625. The highest BCUT2D eigenvalue weighted by molar-refractivity contribution is 6.42. The number of hydrogen-bond donors (Lipinski definition) is 1. The first-order valence-corrected chi connectivity index (χ1v) is 7.80. The molecule has 0 aliphatic rings. The summed E-state index contributed by atoms with van der Waals surface area (Å²) in [6, 6.07) is 14.2. The van der Waals surface area contributed by atoms with Crippen molar-refractivity contribution in [3.63, 3.8) is 0 Å². The standard InChI is InChI=1S/C17H17Cl2NO2/c1-2-13(22-14-8-9-15(18)16(19)10-14)11-20-17(21)12-6-4-3-5-7-12/h3-10,13H,2,11H2,1H3,(H,20,21). The van der Waals surface area contributed by atoms with Gasteiger partial charge >= 0.3 is 0 Å². The van der Waals surface area contributed by atoms with E-state index in [1.165, 1.54) is 0 Å². The summed E-state index contributed by atoms with van der Waals surface area (Å²) in [4.78, 5) is 12.0. The highest BCUT2D eigenvalue weighted by Crippen LogP contribution is 2.27. The molecule has 2 rings (SSSR count). The van der Waals surface area contributed by atoms with Crippen LogP contribution in [0.15, 0.2) is 48.5 Å². The molecule has 1 unspecified atom stereocenters. The summed E-state index contributed by atoms with van der Waals surface area (Å²) in [5.74, 6) is 0.520. The number of carbonyl (C=O) groups excluding carboxylic acids is 1. The maximum absolute atomic E-state index is 12.0. The van der Waals surface area contributed by atoms with E-state index in [0.717, 1.165) is 6.42 Å². The van der Waals surface area contributed by atoms with E-state index in [-0.39, 0.29) is 12.0 Å². The monoisotopic (exact) mass is 337 g/mol. The minimum atomic E-state index is -0.134. The van der Waals surface area contributed by atoms with Crippen molar-refractivity contribution in [2.75, 3.05) is 6.54 Å². The Balaban J connectivity index is 1.92. The zero-order valence-electron chi connectivity index (χ0n) is 12.2. The predicted molar refractivity (Wildman–Crippen MR) is 89.9 cm³/mol. The second-order valence-electron chi connectivity index (χ2n) is 4.80. The van der Waals surface area contributed by atoms with Gasteiger partial charge in [-0.2, -0.15) is 0 Å². The fourth-order valence-corrected chi connectivity index (χ4v) is 2.20. The lowest BCUT2D eigenvalue weighted by molar-refractivity contribution is 0.0926. The van der Waals surface area contributed by atoms with Gasteiger partial charge in [0.1, 0.15) is 11.9 Å². The van der Waals surface area contributed by atoms with E-state index in [1.807, 2.05) is 25.1 Å². The Morgan fingerprint density at radius 2 is 1.86 bits per heavy atom. The number of hydrogen-bond acceptors (Lipinski definition) is 2. The molecule has 0 bridgehead atoms. The van der Waals surface area contributed by atoms with Crippen LogP contribution in [0.3, 0.4) is 0 Å². The molecule has 0 aliphatic carbocycles. The number of carbonyl (C=O) groups is 1. The molecule has 0 saturated heterocycles. The molecule has 3 nitrogen and oxygen atoms in total. The summed E-state index contributed by atoms with van der Waals surface area (Å²) in [7, 11) is 0. The molecule has 0 aliphatic heterocycles. The average molecular weight is 338 g/mol. The summed E-state index contributed by atoms with van der Waals surface area (Å²) < 4.78 is 5.83. The van der Waals surface area contributed by atoms with Gasteiger partial charge < -0.3 is 10.1 Å². The molecule has 22 heavy (non-hydrogen) atoms. The Labute approximate surface area is 140 Å². The maximum Gasteiger partial charge on any atom is 0.251 e. The summed E-state index contributed by atoms with van der Waals surface area (Å²) in [6.45, 7) is 2.42. The minimum absolute atomic E-state index is 0.114. The molecule has 116 valence electrons. The molecule has 0 radical (unpaired) electrons. The Kier molecular flexibility index (Phi) is 6.10. The number of halogens is 2. The maximum atomic E-state index is 12.0. The zero-order chi connectivity index (χ0) is 15.9. The predicted octanol–water partition coefficient (Wildman–Crippen LogP) is 4.58. The van der Waals surface area contributed by atoms with E-state index in [1.54, 1.807) is 30.3 Å². The van der Waals surface area contributed by atoms with Gasteiger partial charge in [0, 0.05) is 11.6 Å². The zero-order valence-corrected chi connectivity index (χ0v) is 13.7. The van der Waals surface area contributed by atoms with Gasteiger partial charge in [0.25, 0.3) is 5.91 Å². The molecule has 0 fully saturated rings. The molecule has 0 heterocycles. The van der Waals surface area contributed by atoms with E-state index in [0.29, 0.717) is 27.9 Å². The fourth-order valence-electron chi connectivity index (χ4n) is 1.91. The van der Waals surface area contributed by atoms with Crippen molar-refractivity contribution < 1.29 is 9.53 Å². The number of rotatable bonds is 6. The van der Waals surface area contributed by atoms with E-state index in [2.05, 4.69) is 5.32 Å². The third-order valence-electron chi connectivity index (χ3n) is 3.18. The normalized spacial score (nSPS) is 11.8. The van der Waals surface area contributed by atoms with Gasteiger partial charge in [0.05, 0.1) is 16.6 Å². The minimum Gasteiger partial charge on any atom is -0.489 e. The molecule has 0 spiro atoms. The number of ether oxygens (including phenoxy) is 1. The molecular formula is C17H17Cl2NO2. The molecule has 5 heteroatoms. The molecule has 0 aromatic heterocycles. The Morgan fingerprint density at radius 1 is 1.14 bits per heavy atom. The number of benzene rings is 2. The molecular weight excluding hydrogens is 321 g/mol. The van der Waals surface area contributed by atoms with Crippen molar-refractivity contribution in [1.29, 1.82) is 0 Å². The highest BCUT2D eigenvalue weighted by atomic mass is 35.5. The molecule has 2 aromatic carbocycles. The molecule has 1 amide bonds. The lowest BCUT2D eigenvalue weighted by Gasteiger charge is -2.18. The van der Waals surface area contributed by atoms with Crippen LogP contribution in [0.5, 0.6) is 5.75 Å². The van der Waals surface area contributed by atoms with Crippen molar-refractivity contribution in [2.24, 2.45) is 0 Å². The van der Waals surface area contributed by atoms with Crippen molar-refractivity contribution in [3.05, 3.63) is 64.1 Å². The van der Waals surface area contributed by atoms with Gasteiger partial charge in [-0.1, -0.05) is 48.3 Å². The van der Waals surface area contributed by atoms with E-state index >= 15 is 0 Å². The molecule has 1 atom stereocenters. The lowest BCUT2D eigenvalue weighted by Crippen LogP contribution is -2.35. The third kappa shape index (κ3) is 4.65. The Morgan fingerprint density at radius 3 is 2.50 bits per heavy atom. The van der Waals surface area contributed by atoms with Gasteiger partial charge in [0.15, 0.2) is 0 Å². The molecule has 1 N–H and O–H groups in total. The van der Waals surface area contributed by atoms with E-state index in [4.69, 9.17) is 27.9 Å². The van der Waals surface area contributed by atoms with Crippen LogP contribution in [0.2, 0.25) is 10.0 Å². The smallest absolute Gasteiger partial charge is 0.251 e. The summed E-state index contributed by atoms with van der Waals surface area (Å²) in [5.41, 5.74) is 0.631. The van der Waals surface area contributed by atoms with Crippen molar-refractivity contribution >= 4 is 29.1 Å². The van der Waals surface area contributed by atoms with Gasteiger partial charge in [-0.05, 0) is 30.7 Å². The SMILES string of the molecule is CCC(CNC(=O)c1ccccc1)Oc1ccc(Cl)c(Cl)c1. The highest BCUT2D eigenvalue weighted by Gasteiger charge is 2.12. The van der Waals surface area contributed by atoms with Crippen molar-refractivity contribution in [2.45, 2.75) is 19.4 Å². The van der Waals surface area contributed by atoms with Gasteiger partial charge in [0.2, 0.25) is 0 Å². The van der Waals surface area contributed by atoms with Crippen LogP contribution < -0.4 is 10.1 Å². The fraction of sp³-hybridized carbons (Fsp3) is 0.235. The van der Waals surface area contributed by atoms with E-state index < -0.39 is 0 Å². The lowest BCUT2D eigenvalue weighted by atomic mass is 10.2. The first-order valence-electron chi connectivity index (χ1n) is 7.05. The van der Waals surface area contributed by atoms with Crippen LogP contribution in [0.1, 0.15) is 23.7 Å². The second kappa shape index (κ2) is 8.06. The van der Waals surface area contributed by atoms with Crippen LogP contribution >= 0.6 is 23.2 Å². The third-order valence-corrected chi connectivity index (χ3v) is 3.91. The topological polar surface area (TPSA) is 38.3 Å². The van der Waals surface area contributed by atoms with E-state index in [9.17, 15) is 4.79 Å². The van der Waals surface area contributed by atoms with Gasteiger partial charge in [-0.15, -0.1) is 0 Å². The van der Waals surface area contributed by atoms with Crippen LogP contribution in [0, 0.1) is 0 Å². The second-order valence-corrected chi connectivity index (χ2v) is 5.61. The molecule has 2 aromatic rings. The number of amides is 1. The van der Waals surface area contributed by atoms with Crippen LogP contribution in [0.4, 0.5) is 0 Å². The van der Waals surface area contributed by atoms with Crippen molar-refractivity contribution in [3.8, 4) is 5.75 Å². The van der Waals surface area contributed by atoms with Crippen LogP contribution in [-0.2, 0) is 0 Å².